The van der Waals surface area contributed by atoms with Crippen LogP contribution in [0.3, 0.4) is 0 Å². The van der Waals surface area contributed by atoms with Crippen LogP contribution in [0.15, 0.2) is 4.99 Å². The zero-order valence-electron chi connectivity index (χ0n) is 6.31. The van der Waals surface area contributed by atoms with Crippen molar-refractivity contribution in [2.45, 2.75) is 20.8 Å². The van der Waals surface area contributed by atoms with Gasteiger partial charge < -0.3 is 0 Å². The lowest BCUT2D eigenvalue weighted by molar-refractivity contribution is 0.527. The van der Waals surface area contributed by atoms with E-state index in [2.05, 4.69) is 25.6 Å². The van der Waals surface area contributed by atoms with Gasteiger partial charge in [0.1, 0.15) is 5.84 Å². The molecule has 2 heteroatoms. The first kappa shape index (κ1) is 8.34. The normalized spacial score (nSPS) is 13.3. The molecule has 0 aromatic heterocycles. The standard InChI is InChI=1S/C7H14N2/c1-5(2)6(3)7(8)9-4/h5-6,8H,4H2,1-3H3/t6-/m0/s1. The van der Waals surface area contributed by atoms with Gasteiger partial charge in [-0.15, -0.1) is 0 Å². The van der Waals surface area contributed by atoms with E-state index in [0.29, 0.717) is 11.8 Å². The van der Waals surface area contributed by atoms with E-state index in [-0.39, 0.29) is 5.92 Å². The maximum atomic E-state index is 7.24. The van der Waals surface area contributed by atoms with E-state index in [1.165, 1.54) is 0 Å². The van der Waals surface area contributed by atoms with Crippen molar-refractivity contribution in [3.05, 3.63) is 0 Å². The first-order valence-corrected chi connectivity index (χ1v) is 3.14. The van der Waals surface area contributed by atoms with Crippen LogP contribution in [0.5, 0.6) is 0 Å². The Hall–Kier alpha value is -0.660. The Labute approximate surface area is 56.5 Å². The van der Waals surface area contributed by atoms with Gasteiger partial charge in [0, 0.05) is 5.92 Å². The van der Waals surface area contributed by atoms with E-state index in [9.17, 15) is 0 Å². The molecule has 0 radical (unpaired) electrons. The Morgan fingerprint density at radius 1 is 1.44 bits per heavy atom. The molecule has 2 nitrogen and oxygen atoms in total. The first-order valence-electron chi connectivity index (χ1n) is 3.14. The molecule has 0 bridgehead atoms. The van der Waals surface area contributed by atoms with Gasteiger partial charge in [-0.05, 0) is 12.6 Å². The molecule has 0 saturated carbocycles. The van der Waals surface area contributed by atoms with Gasteiger partial charge in [-0.25, -0.2) is 4.99 Å². The third kappa shape index (κ3) is 2.40. The predicted octanol–water partition coefficient (Wildman–Crippen LogP) is 1.96. The van der Waals surface area contributed by atoms with Crippen LogP contribution < -0.4 is 0 Å². The summed E-state index contributed by atoms with van der Waals surface area (Å²) in [7, 11) is 0. The van der Waals surface area contributed by atoms with Crippen molar-refractivity contribution in [3.8, 4) is 0 Å². The molecule has 0 heterocycles. The highest BCUT2D eigenvalue weighted by Gasteiger charge is 2.10. The summed E-state index contributed by atoms with van der Waals surface area (Å²) in [6.07, 6.45) is 0. The van der Waals surface area contributed by atoms with Crippen LogP contribution in [-0.2, 0) is 0 Å². The van der Waals surface area contributed by atoms with Gasteiger partial charge in [0.25, 0.3) is 0 Å². The topological polar surface area (TPSA) is 36.2 Å². The molecule has 0 aliphatic heterocycles. The zero-order chi connectivity index (χ0) is 7.44. The molecule has 0 spiro atoms. The second-order valence-corrected chi connectivity index (χ2v) is 2.58. The maximum Gasteiger partial charge on any atom is 0.122 e. The molecule has 0 saturated heterocycles. The summed E-state index contributed by atoms with van der Waals surface area (Å²) in [6.45, 7) is 9.42. The molecule has 0 aromatic rings. The van der Waals surface area contributed by atoms with E-state index in [1.54, 1.807) is 0 Å². The highest BCUT2D eigenvalue weighted by Crippen LogP contribution is 2.10. The average molecular weight is 126 g/mol. The Morgan fingerprint density at radius 3 is 2.00 bits per heavy atom. The second-order valence-electron chi connectivity index (χ2n) is 2.58. The van der Waals surface area contributed by atoms with Crippen molar-refractivity contribution in [3.63, 3.8) is 0 Å². The van der Waals surface area contributed by atoms with Gasteiger partial charge in [-0.2, -0.15) is 0 Å². The lowest BCUT2D eigenvalue weighted by Crippen LogP contribution is -2.13. The van der Waals surface area contributed by atoms with Gasteiger partial charge >= 0.3 is 0 Å². The minimum Gasteiger partial charge on any atom is -0.286 e. The molecular formula is C7H14N2. The number of rotatable bonds is 2. The number of nitrogens with one attached hydrogen (secondary N) is 1. The number of hydrogen-bond donors (Lipinski definition) is 1. The Balaban J connectivity index is 3.87. The first-order chi connectivity index (χ1) is 4.09. The van der Waals surface area contributed by atoms with Gasteiger partial charge in [-0.3, -0.25) is 5.41 Å². The van der Waals surface area contributed by atoms with Gasteiger partial charge in [-0.1, -0.05) is 20.8 Å². The molecule has 0 amide bonds. The molecular weight excluding hydrogens is 112 g/mol. The van der Waals surface area contributed by atoms with Crippen LogP contribution >= 0.6 is 0 Å². The van der Waals surface area contributed by atoms with Crippen LogP contribution in [0.25, 0.3) is 0 Å². The second kappa shape index (κ2) is 3.38. The number of amidine groups is 1. The Bertz CT molecular complexity index is 116. The summed E-state index contributed by atoms with van der Waals surface area (Å²) in [5.74, 6) is 1.12. The smallest absolute Gasteiger partial charge is 0.122 e. The number of hydrogen-bond acceptors (Lipinski definition) is 1. The molecule has 52 valence electrons. The summed E-state index contributed by atoms with van der Waals surface area (Å²) < 4.78 is 0. The van der Waals surface area contributed by atoms with Crippen molar-refractivity contribution < 1.29 is 0 Å². The fourth-order valence-corrected chi connectivity index (χ4v) is 0.460. The van der Waals surface area contributed by atoms with Crippen LogP contribution in [0.4, 0.5) is 0 Å². The third-order valence-corrected chi connectivity index (χ3v) is 1.60. The van der Waals surface area contributed by atoms with Crippen molar-refractivity contribution >= 4 is 12.6 Å². The largest absolute Gasteiger partial charge is 0.286 e. The minimum absolute atomic E-state index is 0.238. The molecule has 0 unspecified atom stereocenters. The predicted molar refractivity (Wildman–Crippen MR) is 41.3 cm³/mol. The van der Waals surface area contributed by atoms with E-state index in [4.69, 9.17) is 5.41 Å². The monoisotopic (exact) mass is 126 g/mol. The quantitative estimate of drug-likeness (QED) is 0.433. The van der Waals surface area contributed by atoms with Crippen molar-refractivity contribution in [2.75, 3.05) is 0 Å². The van der Waals surface area contributed by atoms with E-state index >= 15 is 0 Å². The maximum absolute atomic E-state index is 7.24. The summed E-state index contributed by atoms with van der Waals surface area (Å²) in [6, 6.07) is 0. The molecule has 1 atom stereocenters. The molecule has 0 aliphatic rings. The lowest BCUT2D eigenvalue weighted by atomic mass is 9.97. The van der Waals surface area contributed by atoms with Gasteiger partial charge in [0.05, 0.1) is 0 Å². The molecule has 0 aromatic carbocycles. The molecule has 0 fully saturated rings. The highest BCUT2D eigenvalue weighted by molar-refractivity contribution is 5.85. The fourth-order valence-electron chi connectivity index (χ4n) is 0.460. The Kier molecular flexibility index (Phi) is 3.13. The van der Waals surface area contributed by atoms with E-state index < -0.39 is 0 Å². The van der Waals surface area contributed by atoms with Crippen LogP contribution in [0.1, 0.15) is 20.8 Å². The number of nitrogens with zero attached hydrogens (tertiary/aromatic N) is 1. The van der Waals surface area contributed by atoms with E-state index in [0.717, 1.165) is 0 Å². The number of aliphatic imine (C=N–C) groups is 1. The van der Waals surface area contributed by atoms with Crippen LogP contribution in [0.2, 0.25) is 0 Å². The van der Waals surface area contributed by atoms with Gasteiger partial charge in [0.15, 0.2) is 0 Å². The summed E-state index contributed by atoms with van der Waals surface area (Å²) in [5.41, 5.74) is 0. The summed E-state index contributed by atoms with van der Waals surface area (Å²) in [5, 5.41) is 7.24. The molecule has 0 rings (SSSR count). The highest BCUT2D eigenvalue weighted by atomic mass is 14.8. The van der Waals surface area contributed by atoms with E-state index in [1.807, 2.05) is 6.92 Å². The third-order valence-electron chi connectivity index (χ3n) is 1.60. The average Bonchev–Trinajstić information content (AvgIpc) is 1.84. The zero-order valence-corrected chi connectivity index (χ0v) is 6.31. The Morgan fingerprint density at radius 2 is 1.89 bits per heavy atom. The molecule has 9 heavy (non-hydrogen) atoms. The van der Waals surface area contributed by atoms with Gasteiger partial charge in [0.2, 0.25) is 0 Å². The van der Waals surface area contributed by atoms with Crippen molar-refractivity contribution in [1.82, 2.24) is 0 Å². The fraction of sp³-hybridized carbons (Fsp3) is 0.714. The van der Waals surface area contributed by atoms with Crippen molar-refractivity contribution in [2.24, 2.45) is 16.8 Å². The van der Waals surface area contributed by atoms with Crippen LogP contribution in [-0.4, -0.2) is 12.6 Å². The minimum atomic E-state index is 0.238. The summed E-state index contributed by atoms with van der Waals surface area (Å²) in [4.78, 5) is 3.54. The lowest BCUT2D eigenvalue weighted by Gasteiger charge is -2.11. The molecule has 0 aliphatic carbocycles. The van der Waals surface area contributed by atoms with Crippen molar-refractivity contribution in [1.29, 1.82) is 5.41 Å². The summed E-state index contributed by atoms with van der Waals surface area (Å²) >= 11 is 0. The molecule has 1 N–H and O–H groups in total. The SMILES string of the molecule is C=NC(=N)[C@@H](C)C(C)C. The van der Waals surface area contributed by atoms with Crippen LogP contribution in [0, 0.1) is 17.2 Å².